The summed E-state index contributed by atoms with van der Waals surface area (Å²) < 4.78 is 0. The highest BCUT2D eigenvalue weighted by atomic mass is 32.1. The number of rotatable bonds is 5. The zero-order valence-electron chi connectivity index (χ0n) is 13.5. The van der Waals surface area contributed by atoms with Gasteiger partial charge in [0.15, 0.2) is 5.13 Å². The zero-order chi connectivity index (χ0) is 15.6. The van der Waals surface area contributed by atoms with E-state index in [0.29, 0.717) is 10.3 Å². The van der Waals surface area contributed by atoms with E-state index >= 15 is 0 Å². The topological polar surface area (TPSA) is 53.4 Å². The summed E-state index contributed by atoms with van der Waals surface area (Å²) in [6, 6.07) is 0. The van der Waals surface area contributed by atoms with E-state index in [1.807, 2.05) is 13.8 Å². The minimum absolute atomic E-state index is 0.149. The molecule has 0 aromatic carbocycles. The van der Waals surface area contributed by atoms with Crippen LogP contribution in [0.2, 0.25) is 0 Å². The van der Waals surface area contributed by atoms with E-state index in [4.69, 9.17) is 0 Å². The number of piperidine rings is 1. The molecule has 1 aromatic rings. The van der Waals surface area contributed by atoms with Gasteiger partial charge in [-0.1, -0.05) is 51.9 Å². The Bertz CT molecular complexity index is 496. The van der Waals surface area contributed by atoms with E-state index in [2.05, 4.69) is 23.7 Å². The minimum Gasteiger partial charge on any atom is -0.477 e. The molecule has 0 amide bonds. The summed E-state index contributed by atoms with van der Waals surface area (Å²) in [5.41, 5.74) is 1.20. The summed E-state index contributed by atoms with van der Waals surface area (Å²) in [4.78, 5) is 18.7. The average Bonchev–Trinajstić information content (AvgIpc) is 2.93. The number of carboxylic acids is 1. The second-order valence-electron chi connectivity index (χ2n) is 6.36. The van der Waals surface area contributed by atoms with Crippen molar-refractivity contribution in [1.29, 1.82) is 0 Å². The molecule has 0 atom stereocenters. The summed E-state index contributed by atoms with van der Waals surface area (Å²) in [6.45, 7) is 10.5. The number of carbonyl (C=O) groups is 1. The largest absolute Gasteiger partial charge is 0.477 e. The van der Waals surface area contributed by atoms with Crippen molar-refractivity contribution in [3.63, 3.8) is 0 Å². The van der Waals surface area contributed by atoms with Gasteiger partial charge in [-0.25, -0.2) is 9.78 Å². The number of aromatic carboxylic acids is 1. The fourth-order valence-corrected chi connectivity index (χ4v) is 4.24. The van der Waals surface area contributed by atoms with Crippen LogP contribution in [0.25, 0.3) is 0 Å². The smallest absolute Gasteiger partial charge is 0.347 e. The monoisotopic (exact) mass is 310 g/mol. The lowest BCUT2D eigenvalue weighted by Crippen LogP contribution is -2.39. The summed E-state index contributed by atoms with van der Waals surface area (Å²) >= 11 is 1.33. The number of thiazole rings is 1. The number of anilines is 1. The third-order valence-corrected chi connectivity index (χ3v) is 6.10. The number of carboxylic acid groups (broad SMARTS) is 1. The van der Waals surface area contributed by atoms with Crippen molar-refractivity contribution in [1.82, 2.24) is 4.98 Å². The highest BCUT2D eigenvalue weighted by molar-refractivity contribution is 7.17. The summed E-state index contributed by atoms with van der Waals surface area (Å²) in [7, 11) is 0. The molecule has 2 rings (SSSR count). The van der Waals surface area contributed by atoms with Gasteiger partial charge in [-0.2, -0.15) is 0 Å². The molecular formula is C16H26N2O2S. The Morgan fingerprint density at radius 1 is 1.33 bits per heavy atom. The quantitative estimate of drug-likeness (QED) is 0.877. The van der Waals surface area contributed by atoms with Crippen LogP contribution in [-0.2, 0) is 0 Å². The molecule has 0 aliphatic carbocycles. The van der Waals surface area contributed by atoms with Crippen LogP contribution in [0.1, 0.15) is 74.7 Å². The van der Waals surface area contributed by atoms with Gasteiger partial charge in [-0.3, -0.25) is 0 Å². The van der Waals surface area contributed by atoms with E-state index in [9.17, 15) is 9.90 Å². The number of hydrogen-bond donors (Lipinski definition) is 1. The van der Waals surface area contributed by atoms with Crippen LogP contribution in [0.5, 0.6) is 0 Å². The SMILES string of the molecule is CCC1(CC)CCN(c2nc(C(C)C)c(C(=O)O)s2)CC1. The molecule has 1 aromatic heterocycles. The number of nitrogens with zero attached hydrogens (tertiary/aromatic N) is 2. The molecule has 0 bridgehead atoms. The molecule has 0 saturated carbocycles. The maximum atomic E-state index is 11.4. The first-order valence-electron chi connectivity index (χ1n) is 7.91. The predicted molar refractivity (Wildman–Crippen MR) is 87.6 cm³/mol. The normalized spacial score (nSPS) is 18.2. The summed E-state index contributed by atoms with van der Waals surface area (Å²) in [5, 5.41) is 10.2. The Balaban J connectivity index is 2.17. The highest BCUT2D eigenvalue weighted by Crippen LogP contribution is 2.40. The van der Waals surface area contributed by atoms with Crippen LogP contribution in [0.15, 0.2) is 0 Å². The van der Waals surface area contributed by atoms with Crippen LogP contribution in [0.3, 0.4) is 0 Å². The highest BCUT2D eigenvalue weighted by Gasteiger charge is 2.33. The first kappa shape index (κ1) is 16.3. The Labute approximate surface area is 131 Å². The Morgan fingerprint density at radius 2 is 1.90 bits per heavy atom. The zero-order valence-corrected chi connectivity index (χ0v) is 14.3. The van der Waals surface area contributed by atoms with Gasteiger partial charge >= 0.3 is 5.97 Å². The lowest BCUT2D eigenvalue weighted by Gasteiger charge is -2.40. The molecule has 1 aliphatic heterocycles. The van der Waals surface area contributed by atoms with Crippen molar-refractivity contribution in [2.45, 2.75) is 59.3 Å². The van der Waals surface area contributed by atoms with Crippen molar-refractivity contribution in [2.24, 2.45) is 5.41 Å². The van der Waals surface area contributed by atoms with Crippen LogP contribution >= 0.6 is 11.3 Å². The number of aromatic nitrogens is 1. The molecule has 1 N–H and O–H groups in total. The van der Waals surface area contributed by atoms with Crippen molar-refractivity contribution >= 4 is 22.4 Å². The third-order valence-electron chi connectivity index (χ3n) is 4.98. The second-order valence-corrected chi connectivity index (χ2v) is 7.34. The van der Waals surface area contributed by atoms with Crippen LogP contribution < -0.4 is 4.90 Å². The van der Waals surface area contributed by atoms with Crippen molar-refractivity contribution < 1.29 is 9.90 Å². The van der Waals surface area contributed by atoms with E-state index in [1.165, 1.54) is 37.0 Å². The Morgan fingerprint density at radius 3 is 2.29 bits per heavy atom. The van der Waals surface area contributed by atoms with Gasteiger partial charge in [0.05, 0.1) is 5.69 Å². The maximum Gasteiger partial charge on any atom is 0.347 e. The molecule has 1 fully saturated rings. The fraction of sp³-hybridized carbons (Fsp3) is 0.750. The van der Waals surface area contributed by atoms with Crippen molar-refractivity contribution in [3.8, 4) is 0 Å². The van der Waals surface area contributed by atoms with Gasteiger partial charge in [0.25, 0.3) is 0 Å². The molecule has 5 heteroatoms. The molecule has 4 nitrogen and oxygen atoms in total. The van der Waals surface area contributed by atoms with Crippen LogP contribution in [0.4, 0.5) is 5.13 Å². The van der Waals surface area contributed by atoms with Gasteiger partial charge in [0.1, 0.15) is 4.88 Å². The van der Waals surface area contributed by atoms with Crippen molar-refractivity contribution in [3.05, 3.63) is 10.6 Å². The van der Waals surface area contributed by atoms with E-state index in [0.717, 1.165) is 23.9 Å². The van der Waals surface area contributed by atoms with E-state index in [-0.39, 0.29) is 5.92 Å². The van der Waals surface area contributed by atoms with Crippen molar-refractivity contribution in [2.75, 3.05) is 18.0 Å². The lowest BCUT2D eigenvalue weighted by atomic mass is 9.74. The molecule has 0 unspecified atom stereocenters. The van der Waals surface area contributed by atoms with Gasteiger partial charge in [-0.05, 0) is 24.2 Å². The molecular weight excluding hydrogens is 284 g/mol. The first-order valence-corrected chi connectivity index (χ1v) is 8.73. The first-order chi connectivity index (χ1) is 9.92. The summed E-state index contributed by atoms with van der Waals surface area (Å²) in [6.07, 6.45) is 4.82. The third kappa shape index (κ3) is 3.23. The standard InChI is InChI=1S/C16H26N2O2S/c1-5-16(6-2)7-9-18(10-8-16)15-17-12(11(3)4)13(21-15)14(19)20/h11H,5-10H2,1-4H3,(H,19,20). The Hall–Kier alpha value is -1.10. The minimum atomic E-state index is -0.851. The lowest BCUT2D eigenvalue weighted by molar-refractivity contribution is 0.0700. The van der Waals surface area contributed by atoms with E-state index in [1.54, 1.807) is 0 Å². The molecule has 21 heavy (non-hydrogen) atoms. The van der Waals surface area contributed by atoms with E-state index < -0.39 is 5.97 Å². The summed E-state index contributed by atoms with van der Waals surface area (Å²) in [5.74, 6) is -0.702. The molecule has 2 heterocycles. The van der Waals surface area contributed by atoms with Crippen LogP contribution in [0, 0.1) is 5.41 Å². The van der Waals surface area contributed by atoms with Gasteiger partial charge in [0, 0.05) is 13.1 Å². The van der Waals surface area contributed by atoms with Gasteiger partial charge < -0.3 is 10.0 Å². The fourth-order valence-electron chi connectivity index (χ4n) is 3.13. The van der Waals surface area contributed by atoms with Gasteiger partial charge in [0.2, 0.25) is 0 Å². The molecule has 1 aliphatic rings. The predicted octanol–water partition coefficient (Wildman–Crippen LogP) is 4.37. The molecule has 1 saturated heterocycles. The molecule has 0 spiro atoms. The van der Waals surface area contributed by atoms with Crippen LogP contribution in [-0.4, -0.2) is 29.1 Å². The van der Waals surface area contributed by atoms with Gasteiger partial charge in [-0.15, -0.1) is 0 Å². The Kier molecular flexibility index (Phi) is 4.91. The maximum absolute atomic E-state index is 11.4. The number of hydrogen-bond acceptors (Lipinski definition) is 4. The molecule has 118 valence electrons. The second kappa shape index (κ2) is 6.34. The average molecular weight is 310 g/mol. The molecule has 0 radical (unpaired) electrons.